The molecule has 1 aliphatic carbocycles. The molecule has 86 valence electrons. The lowest BCUT2D eigenvalue weighted by Crippen LogP contribution is -2.36. The molecule has 1 fully saturated rings. The molecule has 1 saturated heterocycles. The minimum absolute atomic E-state index is 0.576. The van der Waals surface area contributed by atoms with Gasteiger partial charge in [-0.05, 0) is 44.8 Å². The van der Waals surface area contributed by atoms with Crippen LogP contribution in [0.15, 0.2) is 11.8 Å². The molecule has 3 heteroatoms. The van der Waals surface area contributed by atoms with Crippen LogP contribution in [0.5, 0.6) is 0 Å². The van der Waals surface area contributed by atoms with Gasteiger partial charge in [0.25, 0.3) is 0 Å². The summed E-state index contributed by atoms with van der Waals surface area (Å²) in [5, 5.41) is 12.8. The van der Waals surface area contributed by atoms with Crippen molar-refractivity contribution < 1.29 is 5.11 Å². The first kappa shape index (κ1) is 11.0. The van der Waals surface area contributed by atoms with Gasteiger partial charge in [0.1, 0.15) is 0 Å². The fourth-order valence-electron chi connectivity index (χ4n) is 2.44. The van der Waals surface area contributed by atoms with Gasteiger partial charge in [-0.2, -0.15) is 0 Å². The van der Waals surface area contributed by atoms with Crippen LogP contribution < -0.4 is 5.32 Å². The summed E-state index contributed by atoms with van der Waals surface area (Å²) in [6.45, 7) is 4.85. The van der Waals surface area contributed by atoms with Crippen LogP contribution >= 0.6 is 0 Å². The molecular formula is C12H22N2O. The highest BCUT2D eigenvalue weighted by Crippen LogP contribution is 2.15. The summed E-state index contributed by atoms with van der Waals surface area (Å²) in [5.41, 5.74) is 0. The van der Waals surface area contributed by atoms with Crippen LogP contribution in [0.4, 0.5) is 0 Å². The van der Waals surface area contributed by atoms with Crippen LogP contribution in [0, 0.1) is 0 Å². The number of aliphatic hydroxyl groups excluding tert-OH is 1. The molecular weight excluding hydrogens is 188 g/mol. The first-order chi connectivity index (χ1) is 7.34. The maximum atomic E-state index is 9.25. The predicted molar refractivity (Wildman–Crippen MR) is 62.0 cm³/mol. The van der Waals surface area contributed by atoms with Crippen LogP contribution in [-0.2, 0) is 0 Å². The molecule has 0 aromatic rings. The van der Waals surface area contributed by atoms with Crippen molar-refractivity contribution in [3.8, 4) is 0 Å². The standard InChI is InChI=1S/C12H22N2O/c15-12-5-3-11(4-6-12)13-7-10-14-8-1-2-9-14/h5,11,13,15H,1-4,6-10H2. The molecule has 1 aliphatic heterocycles. The third-order valence-corrected chi connectivity index (χ3v) is 3.45. The summed E-state index contributed by atoms with van der Waals surface area (Å²) in [6.07, 6.45) is 7.63. The van der Waals surface area contributed by atoms with Gasteiger partial charge in [-0.1, -0.05) is 0 Å². The van der Waals surface area contributed by atoms with Gasteiger partial charge in [-0.25, -0.2) is 0 Å². The number of hydrogen-bond acceptors (Lipinski definition) is 3. The van der Waals surface area contributed by atoms with Gasteiger partial charge >= 0.3 is 0 Å². The quantitative estimate of drug-likeness (QED) is 0.741. The van der Waals surface area contributed by atoms with Gasteiger partial charge in [-0.3, -0.25) is 0 Å². The summed E-state index contributed by atoms with van der Waals surface area (Å²) in [7, 11) is 0. The zero-order valence-electron chi connectivity index (χ0n) is 9.41. The van der Waals surface area contributed by atoms with Crippen LogP contribution in [-0.4, -0.2) is 42.2 Å². The van der Waals surface area contributed by atoms with Crippen LogP contribution in [0.1, 0.15) is 32.1 Å². The highest BCUT2D eigenvalue weighted by Gasteiger charge is 2.14. The van der Waals surface area contributed by atoms with E-state index < -0.39 is 0 Å². The third kappa shape index (κ3) is 3.50. The molecule has 2 rings (SSSR count). The Bertz CT molecular complexity index is 222. The maximum Gasteiger partial charge on any atom is 0.0884 e. The molecule has 0 saturated carbocycles. The van der Waals surface area contributed by atoms with E-state index in [2.05, 4.69) is 10.2 Å². The molecule has 0 radical (unpaired) electrons. The first-order valence-electron chi connectivity index (χ1n) is 6.18. The topological polar surface area (TPSA) is 35.5 Å². The Labute approximate surface area is 92.2 Å². The van der Waals surface area contributed by atoms with E-state index in [9.17, 15) is 5.11 Å². The van der Waals surface area contributed by atoms with Crippen molar-refractivity contribution in [2.75, 3.05) is 26.2 Å². The van der Waals surface area contributed by atoms with Gasteiger partial charge in [0, 0.05) is 25.6 Å². The number of nitrogens with one attached hydrogen (secondary N) is 1. The van der Waals surface area contributed by atoms with Gasteiger partial charge in [-0.15, -0.1) is 0 Å². The van der Waals surface area contributed by atoms with E-state index in [0.29, 0.717) is 11.8 Å². The summed E-state index contributed by atoms with van der Waals surface area (Å²) in [5.74, 6) is 0.576. The second-order valence-electron chi connectivity index (χ2n) is 4.67. The SMILES string of the molecule is OC1=CCC(NCCN2CCCC2)CC1. The molecule has 15 heavy (non-hydrogen) atoms. The molecule has 0 aromatic carbocycles. The normalized spacial score (nSPS) is 28.0. The molecule has 0 amide bonds. The Hall–Kier alpha value is -0.540. The second-order valence-corrected chi connectivity index (χ2v) is 4.67. The van der Waals surface area contributed by atoms with E-state index in [1.807, 2.05) is 6.08 Å². The largest absolute Gasteiger partial charge is 0.513 e. The zero-order valence-corrected chi connectivity index (χ0v) is 9.41. The van der Waals surface area contributed by atoms with Gasteiger partial charge in [0.05, 0.1) is 5.76 Å². The zero-order chi connectivity index (χ0) is 10.5. The lowest BCUT2D eigenvalue weighted by molar-refractivity contribution is 0.310. The number of hydrogen-bond donors (Lipinski definition) is 2. The molecule has 0 aromatic heterocycles. The van der Waals surface area contributed by atoms with Crippen molar-refractivity contribution in [3.63, 3.8) is 0 Å². The van der Waals surface area contributed by atoms with Crippen molar-refractivity contribution in [1.29, 1.82) is 0 Å². The molecule has 3 nitrogen and oxygen atoms in total. The van der Waals surface area contributed by atoms with Gasteiger partial charge in [0.15, 0.2) is 0 Å². The molecule has 1 atom stereocenters. The molecule has 1 unspecified atom stereocenters. The highest BCUT2D eigenvalue weighted by molar-refractivity contribution is 4.99. The van der Waals surface area contributed by atoms with E-state index in [1.165, 1.54) is 32.5 Å². The number of likely N-dealkylation sites (tertiary alicyclic amines) is 1. The van der Waals surface area contributed by atoms with Crippen LogP contribution in [0.2, 0.25) is 0 Å². The maximum absolute atomic E-state index is 9.25. The van der Waals surface area contributed by atoms with Crippen LogP contribution in [0.3, 0.4) is 0 Å². The van der Waals surface area contributed by atoms with E-state index in [0.717, 1.165) is 25.8 Å². The summed E-state index contributed by atoms with van der Waals surface area (Å²) >= 11 is 0. The molecule has 2 N–H and O–H groups in total. The molecule has 1 heterocycles. The summed E-state index contributed by atoms with van der Waals surface area (Å²) in [6, 6.07) is 0.587. The number of aliphatic hydroxyl groups is 1. The van der Waals surface area contributed by atoms with Crippen molar-refractivity contribution in [2.45, 2.75) is 38.1 Å². The van der Waals surface area contributed by atoms with Crippen molar-refractivity contribution in [2.24, 2.45) is 0 Å². The van der Waals surface area contributed by atoms with E-state index in [4.69, 9.17) is 0 Å². The van der Waals surface area contributed by atoms with Gasteiger partial charge in [0.2, 0.25) is 0 Å². The highest BCUT2D eigenvalue weighted by atomic mass is 16.3. The van der Waals surface area contributed by atoms with E-state index >= 15 is 0 Å². The fourth-order valence-corrected chi connectivity index (χ4v) is 2.44. The minimum atomic E-state index is 0.576. The number of nitrogens with zero attached hydrogens (tertiary/aromatic N) is 1. The predicted octanol–water partition coefficient (Wildman–Crippen LogP) is 1.67. The fraction of sp³-hybridized carbons (Fsp3) is 0.833. The number of allylic oxidation sites excluding steroid dienone is 1. The Balaban J connectivity index is 1.57. The third-order valence-electron chi connectivity index (χ3n) is 3.45. The Morgan fingerprint density at radius 3 is 2.87 bits per heavy atom. The van der Waals surface area contributed by atoms with E-state index in [1.54, 1.807) is 0 Å². The average Bonchev–Trinajstić information content (AvgIpc) is 2.74. The second kappa shape index (κ2) is 5.52. The van der Waals surface area contributed by atoms with Crippen molar-refractivity contribution in [3.05, 3.63) is 11.8 Å². The average molecular weight is 210 g/mol. The van der Waals surface area contributed by atoms with E-state index in [-0.39, 0.29) is 0 Å². The minimum Gasteiger partial charge on any atom is -0.513 e. The number of rotatable bonds is 4. The molecule has 0 bridgehead atoms. The lowest BCUT2D eigenvalue weighted by atomic mass is 10.0. The Morgan fingerprint density at radius 2 is 2.20 bits per heavy atom. The summed E-state index contributed by atoms with van der Waals surface area (Å²) in [4.78, 5) is 2.53. The lowest BCUT2D eigenvalue weighted by Gasteiger charge is -2.22. The van der Waals surface area contributed by atoms with Crippen LogP contribution in [0.25, 0.3) is 0 Å². The van der Waals surface area contributed by atoms with Gasteiger partial charge < -0.3 is 15.3 Å². The first-order valence-corrected chi connectivity index (χ1v) is 6.18. The molecule has 0 spiro atoms. The van der Waals surface area contributed by atoms with Crippen molar-refractivity contribution in [1.82, 2.24) is 10.2 Å². The molecule has 2 aliphatic rings. The van der Waals surface area contributed by atoms with Crippen molar-refractivity contribution >= 4 is 0 Å². The smallest absolute Gasteiger partial charge is 0.0884 e. The monoisotopic (exact) mass is 210 g/mol. The summed E-state index contributed by atoms with van der Waals surface area (Å²) < 4.78 is 0. The Morgan fingerprint density at radius 1 is 1.40 bits per heavy atom. The Kier molecular flexibility index (Phi) is 4.03.